The van der Waals surface area contributed by atoms with Crippen LogP contribution in [0.3, 0.4) is 0 Å². The molecule has 5 rings (SSSR count). The normalized spacial score (nSPS) is 15.9. The number of nitrogens with zero attached hydrogens (tertiary/aromatic N) is 3. The Hall–Kier alpha value is -3.47. The van der Waals surface area contributed by atoms with Crippen LogP contribution in [0.4, 0.5) is 0 Å². The van der Waals surface area contributed by atoms with E-state index in [1.165, 1.54) is 5.56 Å². The number of rotatable bonds is 4. The van der Waals surface area contributed by atoms with Crippen molar-refractivity contribution in [2.75, 3.05) is 7.11 Å². The molecule has 2 heterocycles. The summed E-state index contributed by atoms with van der Waals surface area (Å²) in [5.41, 5.74) is 6.61. The fourth-order valence-electron chi connectivity index (χ4n) is 4.34. The lowest BCUT2D eigenvalue weighted by Gasteiger charge is -2.23. The summed E-state index contributed by atoms with van der Waals surface area (Å²) in [7, 11) is 1.66. The SMILES string of the molecule is CCc1nn2cc3c(nc2c1-c1ccc(OC)cc1)CC(c1ccccc1)CC3=O. The molecule has 0 spiro atoms. The molecule has 1 aliphatic rings. The molecule has 0 N–H and O–H groups in total. The summed E-state index contributed by atoms with van der Waals surface area (Å²) in [6.45, 7) is 2.09. The minimum atomic E-state index is 0.138. The summed E-state index contributed by atoms with van der Waals surface area (Å²) in [5, 5.41) is 4.74. The zero-order valence-electron chi connectivity index (χ0n) is 17.1. The average molecular weight is 397 g/mol. The highest BCUT2D eigenvalue weighted by molar-refractivity contribution is 5.99. The van der Waals surface area contributed by atoms with Gasteiger partial charge in [0.05, 0.1) is 24.1 Å². The number of Topliss-reactive ketones (excluding diaryl/α,β-unsaturated/α-hetero) is 1. The van der Waals surface area contributed by atoms with E-state index in [4.69, 9.17) is 14.8 Å². The number of carbonyl (C=O) groups excluding carboxylic acids is 1. The average Bonchev–Trinajstić information content (AvgIpc) is 3.16. The minimum absolute atomic E-state index is 0.138. The Balaban J connectivity index is 1.64. The molecule has 0 amide bonds. The third-order valence-corrected chi connectivity index (χ3v) is 5.92. The first-order valence-corrected chi connectivity index (χ1v) is 10.3. The van der Waals surface area contributed by atoms with Crippen molar-refractivity contribution in [2.45, 2.75) is 32.1 Å². The van der Waals surface area contributed by atoms with E-state index in [9.17, 15) is 4.79 Å². The van der Waals surface area contributed by atoms with Crippen molar-refractivity contribution in [3.05, 3.63) is 83.3 Å². The van der Waals surface area contributed by atoms with Crippen molar-refractivity contribution in [1.82, 2.24) is 14.6 Å². The maximum absolute atomic E-state index is 12.9. The lowest BCUT2D eigenvalue weighted by Crippen LogP contribution is -2.21. The molecular weight excluding hydrogens is 374 g/mol. The van der Waals surface area contributed by atoms with E-state index in [1.807, 2.05) is 48.7 Å². The Morgan fingerprint density at radius 3 is 2.53 bits per heavy atom. The van der Waals surface area contributed by atoms with Crippen LogP contribution in [0, 0.1) is 0 Å². The zero-order valence-corrected chi connectivity index (χ0v) is 17.1. The van der Waals surface area contributed by atoms with Gasteiger partial charge in [-0.2, -0.15) is 5.10 Å². The lowest BCUT2D eigenvalue weighted by molar-refractivity contribution is 0.0962. The van der Waals surface area contributed by atoms with Gasteiger partial charge in [0.2, 0.25) is 0 Å². The Bertz CT molecular complexity index is 1230. The number of ether oxygens (including phenoxy) is 1. The Kier molecular flexibility index (Phi) is 4.58. The molecule has 1 atom stereocenters. The summed E-state index contributed by atoms with van der Waals surface area (Å²) < 4.78 is 7.07. The third kappa shape index (κ3) is 3.07. The van der Waals surface area contributed by atoms with Crippen LogP contribution in [0.1, 0.15) is 46.6 Å². The standard InChI is InChI=1S/C25H23N3O2/c1-3-21-24(17-9-11-19(30-2)12-10-17)25-26-22-13-18(16-7-5-4-6-8-16)14-23(29)20(22)15-28(25)27-21/h4-12,15,18H,3,13-14H2,1-2H3. The second-order valence-electron chi connectivity index (χ2n) is 7.71. The highest BCUT2D eigenvalue weighted by Gasteiger charge is 2.29. The van der Waals surface area contributed by atoms with E-state index in [0.29, 0.717) is 12.0 Å². The number of fused-ring (bicyclic) bond motifs is 2. The molecule has 1 aliphatic carbocycles. The lowest BCUT2D eigenvalue weighted by atomic mass is 9.82. The Morgan fingerprint density at radius 2 is 1.83 bits per heavy atom. The Morgan fingerprint density at radius 1 is 1.07 bits per heavy atom. The van der Waals surface area contributed by atoms with Gasteiger partial charge in [0.1, 0.15) is 5.75 Å². The fraction of sp³-hybridized carbons (Fsp3) is 0.240. The number of benzene rings is 2. The van der Waals surface area contributed by atoms with Gasteiger partial charge in [-0.05, 0) is 42.0 Å². The summed E-state index contributed by atoms with van der Waals surface area (Å²) in [5.74, 6) is 1.12. The molecular formula is C25H23N3O2. The van der Waals surface area contributed by atoms with E-state index < -0.39 is 0 Å². The van der Waals surface area contributed by atoms with Crippen LogP contribution >= 0.6 is 0 Å². The molecule has 0 bridgehead atoms. The van der Waals surface area contributed by atoms with Crippen LogP contribution in [-0.2, 0) is 12.8 Å². The predicted molar refractivity (Wildman–Crippen MR) is 116 cm³/mol. The van der Waals surface area contributed by atoms with Gasteiger partial charge in [0.25, 0.3) is 0 Å². The van der Waals surface area contributed by atoms with E-state index in [1.54, 1.807) is 11.6 Å². The van der Waals surface area contributed by atoms with Crippen LogP contribution in [0.2, 0.25) is 0 Å². The zero-order chi connectivity index (χ0) is 20.7. The molecule has 0 fully saturated rings. The number of methoxy groups -OCH3 is 1. The molecule has 150 valence electrons. The summed E-state index contributed by atoms with van der Waals surface area (Å²) in [6, 6.07) is 18.2. The number of carbonyl (C=O) groups is 1. The molecule has 0 saturated carbocycles. The molecule has 0 radical (unpaired) electrons. The van der Waals surface area contributed by atoms with Crippen molar-refractivity contribution in [3.8, 4) is 16.9 Å². The highest BCUT2D eigenvalue weighted by Crippen LogP contribution is 2.35. The fourth-order valence-corrected chi connectivity index (χ4v) is 4.34. The molecule has 5 nitrogen and oxygen atoms in total. The molecule has 5 heteroatoms. The van der Waals surface area contributed by atoms with Crippen LogP contribution in [-0.4, -0.2) is 27.5 Å². The second-order valence-corrected chi connectivity index (χ2v) is 7.71. The quantitative estimate of drug-likeness (QED) is 0.492. The van der Waals surface area contributed by atoms with E-state index in [0.717, 1.165) is 46.8 Å². The van der Waals surface area contributed by atoms with Crippen molar-refractivity contribution >= 4 is 11.4 Å². The van der Waals surface area contributed by atoms with Gasteiger partial charge in [-0.25, -0.2) is 9.50 Å². The number of hydrogen-bond acceptors (Lipinski definition) is 4. The number of aryl methyl sites for hydroxylation is 1. The predicted octanol–water partition coefficient (Wildman–Crippen LogP) is 4.88. The van der Waals surface area contributed by atoms with Crippen molar-refractivity contribution < 1.29 is 9.53 Å². The van der Waals surface area contributed by atoms with Crippen LogP contribution in [0.15, 0.2) is 60.8 Å². The van der Waals surface area contributed by atoms with Crippen LogP contribution in [0.5, 0.6) is 5.75 Å². The van der Waals surface area contributed by atoms with E-state index >= 15 is 0 Å². The smallest absolute Gasteiger partial charge is 0.166 e. The van der Waals surface area contributed by atoms with Crippen LogP contribution in [0.25, 0.3) is 16.8 Å². The monoisotopic (exact) mass is 397 g/mol. The molecule has 4 aromatic rings. The largest absolute Gasteiger partial charge is 0.497 e. The topological polar surface area (TPSA) is 56.5 Å². The molecule has 0 aliphatic heterocycles. The van der Waals surface area contributed by atoms with Crippen LogP contribution < -0.4 is 4.74 Å². The van der Waals surface area contributed by atoms with Gasteiger partial charge >= 0.3 is 0 Å². The van der Waals surface area contributed by atoms with Gasteiger partial charge in [-0.15, -0.1) is 0 Å². The van der Waals surface area contributed by atoms with Gasteiger partial charge in [0.15, 0.2) is 11.4 Å². The molecule has 2 aromatic carbocycles. The first kappa shape index (κ1) is 18.6. The molecule has 1 unspecified atom stereocenters. The molecule has 2 aromatic heterocycles. The minimum Gasteiger partial charge on any atom is -0.497 e. The second kappa shape index (κ2) is 7.41. The van der Waals surface area contributed by atoms with Crippen molar-refractivity contribution in [2.24, 2.45) is 0 Å². The highest BCUT2D eigenvalue weighted by atomic mass is 16.5. The first-order valence-electron chi connectivity index (χ1n) is 10.3. The summed E-state index contributed by atoms with van der Waals surface area (Å²) in [4.78, 5) is 17.9. The number of hydrogen-bond donors (Lipinski definition) is 0. The maximum atomic E-state index is 12.9. The number of ketones is 1. The molecule has 30 heavy (non-hydrogen) atoms. The molecule has 0 saturated heterocycles. The van der Waals surface area contributed by atoms with Gasteiger partial charge in [-0.3, -0.25) is 4.79 Å². The van der Waals surface area contributed by atoms with Crippen molar-refractivity contribution in [1.29, 1.82) is 0 Å². The third-order valence-electron chi connectivity index (χ3n) is 5.92. The first-order chi connectivity index (χ1) is 14.7. The van der Waals surface area contributed by atoms with Gasteiger partial charge in [-0.1, -0.05) is 49.4 Å². The summed E-state index contributed by atoms with van der Waals surface area (Å²) >= 11 is 0. The Labute approximate surface area is 175 Å². The van der Waals surface area contributed by atoms with Gasteiger partial charge in [0, 0.05) is 18.2 Å². The van der Waals surface area contributed by atoms with E-state index in [2.05, 4.69) is 19.1 Å². The van der Waals surface area contributed by atoms with Crippen molar-refractivity contribution in [3.63, 3.8) is 0 Å². The maximum Gasteiger partial charge on any atom is 0.166 e. The summed E-state index contributed by atoms with van der Waals surface area (Å²) in [6.07, 6.45) is 3.93. The van der Waals surface area contributed by atoms with E-state index in [-0.39, 0.29) is 11.7 Å². The van der Waals surface area contributed by atoms with Gasteiger partial charge < -0.3 is 4.74 Å². The number of aromatic nitrogens is 3.